The Balaban J connectivity index is 2.73. The normalized spacial score (nSPS) is 36.0. The van der Waals surface area contributed by atoms with Crippen LogP contribution in [-0.2, 0) is 4.74 Å². The molecular formula is C12H24O2. The van der Waals surface area contributed by atoms with Gasteiger partial charge in [0.1, 0.15) is 0 Å². The highest BCUT2D eigenvalue weighted by molar-refractivity contribution is 4.94. The highest BCUT2D eigenvalue weighted by atomic mass is 16.5. The van der Waals surface area contributed by atoms with Crippen LogP contribution in [0.3, 0.4) is 0 Å². The van der Waals surface area contributed by atoms with E-state index in [2.05, 4.69) is 20.8 Å². The van der Waals surface area contributed by atoms with Gasteiger partial charge in [0.25, 0.3) is 0 Å². The number of hydrogen-bond acceptors (Lipinski definition) is 2. The number of rotatable bonds is 3. The first kappa shape index (κ1) is 12.0. The van der Waals surface area contributed by atoms with Gasteiger partial charge in [-0.2, -0.15) is 0 Å². The van der Waals surface area contributed by atoms with Crippen LogP contribution in [-0.4, -0.2) is 23.9 Å². The van der Waals surface area contributed by atoms with E-state index in [0.29, 0.717) is 5.92 Å². The molecule has 1 aliphatic rings. The van der Waals surface area contributed by atoms with Crippen molar-refractivity contribution in [3.63, 3.8) is 0 Å². The molecule has 0 aliphatic heterocycles. The van der Waals surface area contributed by atoms with Crippen molar-refractivity contribution in [1.29, 1.82) is 0 Å². The van der Waals surface area contributed by atoms with Crippen LogP contribution in [0.2, 0.25) is 0 Å². The van der Waals surface area contributed by atoms with Gasteiger partial charge in [0.2, 0.25) is 0 Å². The Bertz CT molecular complexity index is 179. The maximum atomic E-state index is 10.2. The van der Waals surface area contributed by atoms with Crippen molar-refractivity contribution in [2.45, 2.75) is 58.2 Å². The molecule has 1 saturated carbocycles. The lowest BCUT2D eigenvalue weighted by Crippen LogP contribution is -2.49. The Kier molecular flexibility index (Phi) is 3.96. The molecule has 1 rings (SSSR count). The van der Waals surface area contributed by atoms with E-state index in [4.69, 9.17) is 4.74 Å². The largest absolute Gasteiger partial charge is 0.390 e. The molecular weight excluding hydrogens is 176 g/mol. The molecule has 3 atom stereocenters. The minimum absolute atomic E-state index is 0.272. The second-order valence-electron chi connectivity index (χ2n) is 5.16. The Hall–Kier alpha value is -0.0800. The number of hydrogen-bond donors (Lipinski definition) is 1. The highest BCUT2D eigenvalue weighted by Gasteiger charge is 2.42. The van der Waals surface area contributed by atoms with Gasteiger partial charge in [-0.25, -0.2) is 0 Å². The van der Waals surface area contributed by atoms with Gasteiger partial charge in [-0.3, -0.25) is 0 Å². The van der Waals surface area contributed by atoms with Gasteiger partial charge in [0.15, 0.2) is 0 Å². The summed E-state index contributed by atoms with van der Waals surface area (Å²) in [4.78, 5) is 0. The van der Waals surface area contributed by atoms with E-state index in [-0.39, 0.29) is 17.6 Å². The van der Waals surface area contributed by atoms with Crippen LogP contribution in [0.15, 0.2) is 0 Å². The van der Waals surface area contributed by atoms with Crippen LogP contribution in [0.5, 0.6) is 0 Å². The molecule has 14 heavy (non-hydrogen) atoms. The predicted octanol–water partition coefficient (Wildman–Crippen LogP) is 2.60. The number of ether oxygens (including phenoxy) is 1. The Morgan fingerprint density at radius 1 is 1.43 bits per heavy atom. The Morgan fingerprint density at radius 3 is 2.50 bits per heavy atom. The summed E-state index contributed by atoms with van der Waals surface area (Å²) in [6.45, 7) is 6.37. The van der Waals surface area contributed by atoms with Crippen LogP contribution in [0.4, 0.5) is 0 Å². The van der Waals surface area contributed by atoms with Crippen molar-refractivity contribution in [2.24, 2.45) is 11.8 Å². The molecule has 0 amide bonds. The average molecular weight is 200 g/mol. The molecule has 2 heteroatoms. The monoisotopic (exact) mass is 200 g/mol. The molecule has 0 radical (unpaired) electrons. The first-order valence-electron chi connectivity index (χ1n) is 5.75. The summed E-state index contributed by atoms with van der Waals surface area (Å²) in [6.07, 6.45) is 4.14. The molecule has 1 N–H and O–H groups in total. The van der Waals surface area contributed by atoms with Crippen LogP contribution < -0.4 is 0 Å². The lowest BCUT2D eigenvalue weighted by molar-refractivity contribution is -0.145. The quantitative estimate of drug-likeness (QED) is 0.759. The van der Waals surface area contributed by atoms with Crippen LogP contribution in [0, 0.1) is 11.8 Å². The molecule has 0 spiro atoms. The van der Waals surface area contributed by atoms with E-state index < -0.39 is 0 Å². The Morgan fingerprint density at radius 2 is 2.07 bits per heavy atom. The topological polar surface area (TPSA) is 29.5 Å². The second kappa shape index (κ2) is 4.63. The molecule has 1 aliphatic carbocycles. The van der Waals surface area contributed by atoms with Gasteiger partial charge < -0.3 is 9.84 Å². The lowest BCUT2D eigenvalue weighted by atomic mass is 9.73. The maximum absolute atomic E-state index is 10.2. The van der Waals surface area contributed by atoms with Crippen molar-refractivity contribution in [3.05, 3.63) is 0 Å². The van der Waals surface area contributed by atoms with E-state index in [1.54, 1.807) is 7.11 Å². The summed E-state index contributed by atoms with van der Waals surface area (Å²) in [5, 5.41) is 10.2. The summed E-state index contributed by atoms with van der Waals surface area (Å²) in [6, 6.07) is 0. The standard InChI is InChI=1S/C12H24O2/c1-9(2)11(13)12(14-4)7-5-6-10(3)8-12/h9-11,13H,5-8H2,1-4H3. The summed E-state index contributed by atoms with van der Waals surface area (Å²) >= 11 is 0. The van der Waals surface area contributed by atoms with Crippen molar-refractivity contribution < 1.29 is 9.84 Å². The van der Waals surface area contributed by atoms with Gasteiger partial charge in [-0.15, -0.1) is 0 Å². The summed E-state index contributed by atoms with van der Waals surface area (Å²) in [5.74, 6) is 0.956. The van der Waals surface area contributed by atoms with Crippen LogP contribution >= 0.6 is 0 Å². The van der Waals surface area contributed by atoms with E-state index in [1.165, 1.54) is 12.8 Å². The second-order valence-corrected chi connectivity index (χ2v) is 5.16. The molecule has 0 heterocycles. The zero-order chi connectivity index (χ0) is 10.8. The molecule has 0 aromatic carbocycles. The maximum Gasteiger partial charge on any atom is 0.0941 e. The molecule has 0 saturated heterocycles. The van der Waals surface area contributed by atoms with Gasteiger partial charge >= 0.3 is 0 Å². The van der Waals surface area contributed by atoms with Crippen LogP contribution in [0.1, 0.15) is 46.5 Å². The SMILES string of the molecule is COC1(C(O)C(C)C)CCCC(C)C1. The molecule has 0 aromatic rings. The molecule has 0 aromatic heterocycles. The van der Waals surface area contributed by atoms with Crippen molar-refractivity contribution in [3.8, 4) is 0 Å². The smallest absolute Gasteiger partial charge is 0.0941 e. The van der Waals surface area contributed by atoms with Crippen LogP contribution in [0.25, 0.3) is 0 Å². The summed E-state index contributed by atoms with van der Waals surface area (Å²) < 4.78 is 5.62. The van der Waals surface area contributed by atoms with Gasteiger partial charge in [0.05, 0.1) is 11.7 Å². The Labute approximate surface area is 87.7 Å². The summed E-state index contributed by atoms with van der Waals surface area (Å²) in [5.41, 5.74) is -0.272. The lowest BCUT2D eigenvalue weighted by Gasteiger charge is -2.43. The molecule has 1 fully saturated rings. The van der Waals surface area contributed by atoms with Gasteiger partial charge in [-0.1, -0.05) is 33.6 Å². The number of aliphatic hydroxyl groups is 1. The fourth-order valence-electron chi connectivity index (χ4n) is 2.73. The van der Waals surface area contributed by atoms with E-state index in [1.807, 2.05) is 0 Å². The van der Waals surface area contributed by atoms with E-state index >= 15 is 0 Å². The minimum atomic E-state index is -0.324. The third-order valence-corrected chi connectivity index (χ3v) is 3.57. The number of aliphatic hydroxyl groups excluding tert-OH is 1. The summed E-state index contributed by atoms with van der Waals surface area (Å²) in [7, 11) is 1.74. The van der Waals surface area contributed by atoms with Crippen molar-refractivity contribution >= 4 is 0 Å². The third kappa shape index (κ3) is 2.29. The van der Waals surface area contributed by atoms with Crippen molar-refractivity contribution in [1.82, 2.24) is 0 Å². The molecule has 3 unspecified atom stereocenters. The zero-order valence-electron chi connectivity index (χ0n) is 9.92. The zero-order valence-corrected chi connectivity index (χ0v) is 9.92. The van der Waals surface area contributed by atoms with Gasteiger partial charge in [0, 0.05) is 7.11 Å². The average Bonchev–Trinajstić information content (AvgIpc) is 2.16. The number of methoxy groups -OCH3 is 1. The molecule has 0 bridgehead atoms. The fraction of sp³-hybridized carbons (Fsp3) is 1.00. The first-order valence-corrected chi connectivity index (χ1v) is 5.75. The fourth-order valence-corrected chi connectivity index (χ4v) is 2.73. The van der Waals surface area contributed by atoms with Gasteiger partial charge in [-0.05, 0) is 24.7 Å². The third-order valence-electron chi connectivity index (χ3n) is 3.57. The van der Waals surface area contributed by atoms with E-state index in [0.717, 1.165) is 12.8 Å². The van der Waals surface area contributed by atoms with E-state index in [9.17, 15) is 5.11 Å². The molecule has 84 valence electrons. The van der Waals surface area contributed by atoms with Crippen molar-refractivity contribution in [2.75, 3.05) is 7.11 Å². The first-order chi connectivity index (χ1) is 6.52. The predicted molar refractivity (Wildman–Crippen MR) is 58.2 cm³/mol. The minimum Gasteiger partial charge on any atom is -0.390 e. The highest BCUT2D eigenvalue weighted by Crippen LogP contribution is 2.39. The molecule has 2 nitrogen and oxygen atoms in total.